The molecule has 0 spiro atoms. The highest BCUT2D eigenvalue weighted by atomic mass is 19.4. The second kappa shape index (κ2) is 7.38. The Morgan fingerprint density at radius 2 is 1.74 bits per heavy atom. The molecular formula is C15H16F3N3O2. The number of hydrogen-bond donors (Lipinski definition) is 1. The van der Waals surface area contributed by atoms with Crippen molar-refractivity contribution in [3.8, 4) is 5.75 Å². The van der Waals surface area contributed by atoms with Gasteiger partial charge < -0.3 is 4.74 Å². The molecule has 8 heteroatoms. The predicted octanol–water partition coefficient (Wildman–Crippen LogP) is 3.28. The third-order valence-corrected chi connectivity index (χ3v) is 3.19. The van der Waals surface area contributed by atoms with Crippen molar-refractivity contribution in [1.29, 1.82) is 0 Å². The fourth-order valence-corrected chi connectivity index (χ4v) is 2.09. The van der Waals surface area contributed by atoms with Crippen molar-refractivity contribution in [2.24, 2.45) is 5.90 Å². The average Bonchev–Trinajstić information content (AvgIpc) is 2.53. The summed E-state index contributed by atoms with van der Waals surface area (Å²) in [6.45, 7) is 1.79. The second-order valence-electron chi connectivity index (χ2n) is 4.98. The molecule has 0 aliphatic rings. The highest BCUT2D eigenvalue weighted by molar-refractivity contribution is 5.26. The second-order valence-corrected chi connectivity index (χ2v) is 4.98. The topological polar surface area (TPSA) is 70.3 Å². The van der Waals surface area contributed by atoms with Gasteiger partial charge in [-0.25, -0.2) is 15.9 Å². The molecular weight excluding hydrogens is 311 g/mol. The first-order chi connectivity index (χ1) is 10.9. The van der Waals surface area contributed by atoms with Gasteiger partial charge in [-0.3, -0.25) is 4.84 Å². The molecule has 2 unspecified atom stereocenters. The maximum Gasteiger partial charge on any atom is 0.416 e. The van der Waals surface area contributed by atoms with Crippen LogP contribution in [-0.4, -0.2) is 16.1 Å². The maximum absolute atomic E-state index is 12.6. The molecule has 2 aromatic rings. The van der Waals surface area contributed by atoms with E-state index in [9.17, 15) is 13.2 Å². The Kier molecular flexibility index (Phi) is 5.51. The van der Waals surface area contributed by atoms with Gasteiger partial charge in [-0.2, -0.15) is 13.2 Å². The molecule has 1 heterocycles. The van der Waals surface area contributed by atoms with Crippen molar-refractivity contribution < 1.29 is 22.7 Å². The quantitative estimate of drug-likeness (QED) is 0.825. The van der Waals surface area contributed by atoms with E-state index in [0.717, 1.165) is 12.1 Å². The number of ether oxygens (including phenoxy) is 1. The fraction of sp³-hybridized carbons (Fsp3) is 0.333. The molecule has 2 rings (SSSR count). The zero-order valence-electron chi connectivity index (χ0n) is 12.3. The number of aromatic nitrogens is 2. The third-order valence-electron chi connectivity index (χ3n) is 3.19. The molecule has 2 N–H and O–H groups in total. The maximum atomic E-state index is 12.6. The number of halogens is 3. The summed E-state index contributed by atoms with van der Waals surface area (Å²) in [5.74, 6) is 5.76. The van der Waals surface area contributed by atoms with Gasteiger partial charge in [-0.05, 0) is 24.6 Å². The number of rotatable bonds is 6. The fourth-order valence-electron chi connectivity index (χ4n) is 2.09. The number of nitrogens with zero attached hydrogens (tertiary/aromatic N) is 2. The minimum absolute atomic E-state index is 0.295. The van der Waals surface area contributed by atoms with Crippen LogP contribution < -0.4 is 10.6 Å². The van der Waals surface area contributed by atoms with Gasteiger partial charge in [-0.1, -0.05) is 12.1 Å². The van der Waals surface area contributed by atoms with Crippen molar-refractivity contribution in [2.45, 2.75) is 31.7 Å². The Labute approximate surface area is 131 Å². The monoisotopic (exact) mass is 327 g/mol. The van der Waals surface area contributed by atoms with Crippen LogP contribution in [0.2, 0.25) is 0 Å². The van der Waals surface area contributed by atoms with Crippen molar-refractivity contribution in [2.75, 3.05) is 0 Å². The summed E-state index contributed by atoms with van der Waals surface area (Å²) < 4.78 is 43.3. The van der Waals surface area contributed by atoms with Gasteiger partial charge >= 0.3 is 6.18 Å². The Morgan fingerprint density at radius 3 is 2.26 bits per heavy atom. The van der Waals surface area contributed by atoms with Gasteiger partial charge in [0.25, 0.3) is 0 Å². The van der Waals surface area contributed by atoms with Crippen LogP contribution in [0.1, 0.15) is 30.6 Å². The van der Waals surface area contributed by atoms with Gasteiger partial charge in [0.1, 0.15) is 12.4 Å². The van der Waals surface area contributed by atoms with Crippen LogP contribution in [0.4, 0.5) is 13.2 Å². The zero-order valence-corrected chi connectivity index (χ0v) is 12.3. The molecule has 0 saturated heterocycles. The van der Waals surface area contributed by atoms with Crippen LogP contribution >= 0.6 is 0 Å². The van der Waals surface area contributed by atoms with Gasteiger partial charge in [0, 0.05) is 6.42 Å². The lowest BCUT2D eigenvalue weighted by Gasteiger charge is -2.20. The molecule has 0 amide bonds. The SMILES string of the molecule is CC(CC(ON)c1ccc(C(F)(F)F)cc1)Oc1cncnc1. The van der Waals surface area contributed by atoms with Crippen LogP contribution in [-0.2, 0) is 11.0 Å². The van der Waals surface area contributed by atoms with Crippen molar-refractivity contribution in [3.63, 3.8) is 0 Å². The minimum atomic E-state index is -4.37. The van der Waals surface area contributed by atoms with Gasteiger partial charge in [-0.15, -0.1) is 0 Å². The smallest absolute Gasteiger partial charge is 0.416 e. The van der Waals surface area contributed by atoms with Crippen LogP contribution in [0.15, 0.2) is 43.0 Å². The van der Waals surface area contributed by atoms with Crippen molar-refractivity contribution >= 4 is 0 Å². The van der Waals surface area contributed by atoms with Crippen LogP contribution in [0.5, 0.6) is 5.75 Å². The largest absolute Gasteiger partial charge is 0.487 e. The summed E-state index contributed by atoms with van der Waals surface area (Å²) in [6.07, 6.45) is -0.488. The Morgan fingerprint density at radius 1 is 1.13 bits per heavy atom. The van der Waals surface area contributed by atoms with E-state index in [1.54, 1.807) is 6.92 Å². The van der Waals surface area contributed by atoms with Crippen LogP contribution in [0.25, 0.3) is 0 Å². The molecule has 0 fully saturated rings. The lowest BCUT2D eigenvalue weighted by atomic mass is 10.0. The summed E-state index contributed by atoms with van der Waals surface area (Å²) in [7, 11) is 0. The summed E-state index contributed by atoms with van der Waals surface area (Å²) in [5, 5.41) is 0. The molecule has 1 aromatic heterocycles. The Hall–Kier alpha value is -2.19. The highest BCUT2D eigenvalue weighted by Gasteiger charge is 2.30. The lowest BCUT2D eigenvalue weighted by Crippen LogP contribution is -2.20. The number of alkyl halides is 3. The summed E-state index contributed by atoms with van der Waals surface area (Å²) in [4.78, 5) is 12.5. The first kappa shape index (κ1) is 17.2. The summed E-state index contributed by atoms with van der Waals surface area (Å²) in [5.41, 5.74) is -0.178. The van der Waals surface area contributed by atoms with Gasteiger partial charge in [0.2, 0.25) is 0 Å². The standard InChI is InChI=1S/C15H16F3N3O2/c1-10(22-13-7-20-9-21-8-13)6-14(23-19)11-2-4-12(5-3-11)15(16,17)18/h2-5,7-10,14H,6,19H2,1H3. The third kappa shape index (κ3) is 4.90. The van der Waals surface area contributed by atoms with E-state index in [2.05, 4.69) is 9.97 Å². The molecule has 0 aliphatic carbocycles. The van der Waals surface area contributed by atoms with E-state index in [1.165, 1.54) is 30.9 Å². The molecule has 1 aromatic carbocycles. The Bertz CT molecular complexity index is 606. The predicted molar refractivity (Wildman–Crippen MR) is 76.2 cm³/mol. The normalized spacial score (nSPS) is 14.3. The van der Waals surface area contributed by atoms with E-state index >= 15 is 0 Å². The first-order valence-corrected chi connectivity index (χ1v) is 6.84. The molecule has 2 atom stereocenters. The Balaban J connectivity index is 2.02. The molecule has 0 radical (unpaired) electrons. The van der Waals surface area contributed by atoms with Crippen LogP contribution in [0.3, 0.4) is 0 Å². The van der Waals surface area contributed by atoms with Gasteiger partial charge in [0.15, 0.2) is 5.75 Å². The van der Waals surface area contributed by atoms with E-state index in [4.69, 9.17) is 15.5 Å². The molecule has 124 valence electrons. The lowest BCUT2D eigenvalue weighted by molar-refractivity contribution is -0.137. The number of nitrogens with two attached hydrogens (primary N) is 1. The zero-order chi connectivity index (χ0) is 16.9. The number of benzene rings is 1. The summed E-state index contributed by atoms with van der Waals surface area (Å²) >= 11 is 0. The molecule has 0 saturated carbocycles. The minimum Gasteiger partial charge on any atom is -0.487 e. The summed E-state index contributed by atoms with van der Waals surface area (Å²) in [6, 6.07) is 4.69. The van der Waals surface area contributed by atoms with Crippen molar-refractivity contribution in [3.05, 3.63) is 54.1 Å². The first-order valence-electron chi connectivity index (χ1n) is 6.84. The van der Waals surface area contributed by atoms with Crippen LogP contribution in [0, 0.1) is 0 Å². The molecule has 5 nitrogen and oxygen atoms in total. The average molecular weight is 327 g/mol. The van der Waals surface area contributed by atoms with Gasteiger partial charge in [0.05, 0.1) is 24.1 Å². The van der Waals surface area contributed by atoms with E-state index in [0.29, 0.717) is 17.7 Å². The molecule has 0 aliphatic heterocycles. The van der Waals surface area contributed by atoms with E-state index < -0.39 is 17.8 Å². The van der Waals surface area contributed by atoms with Crippen molar-refractivity contribution in [1.82, 2.24) is 9.97 Å². The van der Waals surface area contributed by atoms with E-state index in [1.807, 2.05) is 0 Å². The highest BCUT2D eigenvalue weighted by Crippen LogP contribution is 2.31. The molecule has 0 bridgehead atoms. The number of hydrogen-bond acceptors (Lipinski definition) is 5. The molecule has 23 heavy (non-hydrogen) atoms. The van der Waals surface area contributed by atoms with E-state index in [-0.39, 0.29) is 6.10 Å².